The number of carbonyl (C=O) groups is 1. The number of likely N-dealkylation sites (tertiary alicyclic amines) is 1. The molecule has 1 aliphatic heterocycles. The van der Waals surface area contributed by atoms with Crippen LogP contribution in [0.3, 0.4) is 0 Å². The Labute approximate surface area is 127 Å². The molecule has 0 aromatic heterocycles. The van der Waals surface area contributed by atoms with Gasteiger partial charge in [-0.25, -0.2) is 0 Å². The maximum atomic E-state index is 11.9. The molecular weight excluding hydrogens is 262 g/mol. The quantitative estimate of drug-likeness (QED) is 0.791. The maximum Gasteiger partial charge on any atom is 0.224 e. The fourth-order valence-corrected chi connectivity index (χ4v) is 3.12. The highest BCUT2D eigenvalue weighted by atomic mass is 16.1. The molecular formula is C17H27N3O. The zero-order chi connectivity index (χ0) is 15.2. The minimum absolute atomic E-state index is 0.0834. The number of nitrogens with zero attached hydrogens (tertiary/aromatic N) is 1. The van der Waals surface area contributed by atoms with Crippen molar-refractivity contribution in [3.8, 4) is 0 Å². The second-order valence-electron chi connectivity index (χ2n) is 6.26. The van der Waals surface area contributed by atoms with Gasteiger partial charge < -0.3 is 16.0 Å². The molecule has 0 saturated carbocycles. The second-order valence-corrected chi connectivity index (χ2v) is 6.26. The minimum Gasteiger partial charge on any atom is -0.399 e. The topological polar surface area (TPSA) is 58.4 Å². The van der Waals surface area contributed by atoms with Crippen molar-refractivity contribution in [1.82, 2.24) is 4.90 Å². The van der Waals surface area contributed by atoms with Gasteiger partial charge in [-0.3, -0.25) is 4.79 Å². The summed E-state index contributed by atoms with van der Waals surface area (Å²) >= 11 is 0. The van der Waals surface area contributed by atoms with Gasteiger partial charge >= 0.3 is 0 Å². The number of benzene rings is 1. The fraction of sp³-hybridized carbons (Fsp3) is 0.588. The average molecular weight is 289 g/mol. The van der Waals surface area contributed by atoms with Crippen molar-refractivity contribution in [3.05, 3.63) is 24.3 Å². The summed E-state index contributed by atoms with van der Waals surface area (Å²) < 4.78 is 0. The molecule has 0 aliphatic carbocycles. The van der Waals surface area contributed by atoms with Crippen LogP contribution in [0.25, 0.3) is 0 Å². The molecule has 0 bridgehead atoms. The summed E-state index contributed by atoms with van der Waals surface area (Å²) in [5.41, 5.74) is 7.15. The Kier molecular flexibility index (Phi) is 5.62. The van der Waals surface area contributed by atoms with E-state index in [1.165, 1.54) is 19.4 Å². The summed E-state index contributed by atoms with van der Waals surface area (Å²) in [7, 11) is 0. The van der Waals surface area contributed by atoms with Crippen molar-refractivity contribution in [2.45, 2.75) is 45.6 Å². The van der Waals surface area contributed by atoms with Crippen molar-refractivity contribution in [3.63, 3.8) is 0 Å². The zero-order valence-corrected chi connectivity index (χ0v) is 13.1. The Morgan fingerprint density at radius 3 is 2.76 bits per heavy atom. The lowest BCUT2D eigenvalue weighted by Crippen LogP contribution is -2.34. The molecule has 3 N–H and O–H groups in total. The smallest absolute Gasteiger partial charge is 0.224 e. The molecule has 1 fully saturated rings. The Morgan fingerprint density at radius 2 is 2.10 bits per heavy atom. The summed E-state index contributed by atoms with van der Waals surface area (Å²) in [4.78, 5) is 14.5. The Morgan fingerprint density at radius 1 is 1.38 bits per heavy atom. The highest BCUT2D eigenvalue weighted by molar-refractivity contribution is 5.90. The van der Waals surface area contributed by atoms with E-state index in [1.807, 2.05) is 12.1 Å². The number of nitrogens with two attached hydrogens (primary N) is 1. The standard InChI is InChI=1S/C17H27N3O/c1-13(2)16-5-3-11-20(16)12-4-6-17(21)19-15-9-7-14(18)8-10-15/h7-10,13,16H,3-6,11-12,18H2,1-2H3,(H,19,21). The highest BCUT2D eigenvalue weighted by Gasteiger charge is 2.26. The number of amides is 1. The molecule has 1 aliphatic rings. The van der Waals surface area contributed by atoms with E-state index >= 15 is 0 Å². The first-order chi connectivity index (χ1) is 10.1. The van der Waals surface area contributed by atoms with E-state index in [0.29, 0.717) is 24.1 Å². The normalized spacial score (nSPS) is 19.1. The number of hydrogen-bond acceptors (Lipinski definition) is 3. The van der Waals surface area contributed by atoms with Crippen LogP contribution in [0, 0.1) is 5.92 Å². The molecule has 1 aromatic carbocycles. The first-order valence-electron chi connectivity index (χ1n) is 7.95. The molecule has 1 saturated heterocycles. The van der Waals surface area contributed by atoms with E-state index in [1.54, 1.807) is 12.1 Å². The number of rotatable bonds is 6. The number of hydrogen-bond donors (Lipinski definition) is 2. The van der Waals surface area contributed by atoms with Crippen LogP contribution in [0.2, 0.25) is 0 Å². The van der Waals surface area contributed by atoms with Gasteiger partial charge in [-0.2, -0.15) is 0 Å². The van der Waals surface area contributed by atoms with E-state index < -0.39 is 0 Å². The van der Waals surface area contributed by atoms with Crippen LogP contribution in [0.1, 0.15) is 39.5 Å². The van der Waals surface area contributed by atoms with E-state index in [2.05, 4.69) is 24.1 Å². The lowest BCUT2D eigenvalue weighted by molar-refractivity contribution is -0.116. The summed E-state index contributed by atoms with van der Waals surface area (Å²) in [6, 6.07) is 7.97. The van der Waals surface area contributed by atoms with Crippen molar-refractivity contribution < 1.29 is 4.79 Å². The molecule has 1 unspecified atom stereocenters. The third-order valence-electron chi connectivity index (χ3n) is 4.23. The van der Waals surface area contributed by atoms with Gasteiger partial charge in [0.05, 0.1) is 0 Å². The average Bonchev–Trinajstić information content (AvgIpc) is 2.90. The van der Waals surface area contributed by atoms with Gasteiger partial charge in [-0.1, -0.05) is 13.8 Å². The molecule has 1 amide bonds. The van der Waals surface area contributed by atoms with E-state index in [0.717, 1.165) is 18.7 Å². The van der Waals surface area contributed by atoms with Crippen molar-refractivity contribution in [2.24, 2.45) is 5.92 Å². The summed E-state index contributed by atoms with van der Waals surface area (Å²) in [5, 5.41) is 2.92. The first kappa shape index (κ1) is 15.8. The lowest BCUT2D eigenvalue weighted by atomic mass is 10.0. The summed E-state index contributed by atoms with van der Waals surface area (Å²) in [5.74, 6) is 0.788. The molecule has 2 rings (SSSR count). The number of anilines is 2. The van der Waals surface area contributed by atoms with Crippen LogP contribution in [-0.4, -0.2) is 29.9 Å². The van der Waals surface area contributed by atoms with Gasteiger partial charge in [0.25, 0.3) is 0 Å². The van der Waals surface area contributed by atoms with Crippen LogP contribution < -0.4 is 11.1 Å². The highest BCUT2D eigenvalue weighted by Crippen LogP contribution is 2.23. The van der Waals surface area contributed by atoms with E-state index in [4.69, 9.17) is 5.73 Å². The Balaban J connectivity index is 1.70. The largest absolute Gasteiger partial charge is 0.399 e. The molecule has 116 valence electrons. The predicted octanol–water partition coefficient (Wildman–Crippen LogP) is 3.11. The van der Waals surface area contributed by atoms with Gasteiger partial charge in [0.1, 0.15) is 0 Å². The third kappa shape index (κ3) is 4.74. The number of nitrogen functional groups attached to an aromatic ring is 1. The van der Waals surface area contributed by atoms with E-state index in [-0.39, 0.29) is 5.91 Å². The third-order valence-corrected chi connectivity index (χ3v) is 4.23. The van der Waals surface area contributed by atoms with Crippen molar-refractivity contribution in [1.29, 1.82) is 0 Å². The first-order valence-corrected chi connectivity index (χ1v) is 7.95. The van der Waals surface area contributed by atoms with Crippen LogP contribution in [-0.2, 0) is 4.79 Å². The molecule has 4 nitrogen and oxygen atoms in total. The SMILES string of the molecule is CC(C)C1CCCN1CCCC(=O)Nc1ccc(N)cc1. The second kappa shape index (κ2) is 7.46. The molecule has 4 heteroatoms. The van der Waals surface area contributed by atoms with Gasteiger partial charge in [-0.05, 0) is 62.5 Å². The minimum atomic E-state index is 0.0834. The molecule has 1 atom stereocenters. The molecule has 0 spiro atoms. The Hall–Kier alpha value is -1.55. The van der Waals surface area contributed by atoms with Crippen LogP contribution in [0.4, 0.5) is 11.4 Å². The zero-order valence-electron chi connectivity index (χ0n) is 13.1. The maximum absolute atomic E-state index is 11.9. The van der Waals surface area contributed by atoms with Gasteiger partial charge in [-0.15, -0.1) is 0 Å². The lowest BCUT2D eigenvalue weighted by Gasteiger charge is -2.27. The monoisotopic (exact) mass is 289 g/mol. The van der Waals surface area contributed by atoms with Crippen LogP contribution >= 0.6 is 0 Å². The van der Waals surface area contributed by atoms with Gasteiger partial charge in [0.15, 0.2) is 0 Å². The van der Waals surface area contributed by atoms with Crippen molar-refractivity contribution >= 4 is 17.3 Å². The van der Waals surface area contributed by atoms with E-state index in [9.17, 15) is 4.79 Å². The fourth-order valence-electron chi connectivity index (χ4n) is 3.12. The van der Waals surface area contributed by atoms with Gasteiger partial charge in [0, 0.05) is 23.8 Å². The van der Waals surface area contributed by atoms with Crippen LogP contribution in [0.5, 0.6) is 0 Å². The summed E-state index contributed by atoms with van der Waals surface area (Å²) in [6.07, 6.45) is 4.09. The predicted molar refractivity (Wildman–Crippen MR) is 88.2 cm³/mol. The molecule has 1 aromatic rings. The molecule has 21 heavy (non-hydrogen) atoms. The van der Waals surface area contributed by atoms with Gasteiger partial charge in [0.2, 0.25) is 5.91 Å². The summed E-state index contributed by atoms with van der Waals surface area (Å²) in [6.45, 7) is 6.79. The molecule has 0 radical (unpaired) electrons. The van der Waals surface area contributed by atoms with Crippen molar-refractivity contribution in [2.75, 3.05) is 24.1 Å². The van der Waals surface area contributed by atoms with Crippen LogP contribution in [0.15, 0.2) is 24.3 Å². The number of carbonyl (C=O) groups excluding carboxylic acids is 1. The number of nitrogens with one attached hydrogen (secondary N) is 1. The Bertz CT molecular complexity index is 456. The molecule has 1 heterocycles.